The van der Waals surface area contributed by atoms with E-state index in [0.717, 1.165) is 39.2 Å². The van der Waals surface area contributed by atoms with Crippen molar-refractivity contribution < 1.29 is 14.6 Å². The lowest BCUT2D eigenvalue weighted by Gasteiger charge is -2.24. The Bertz CT molecular complexity index is 2160. The molecule has 1 atom stereocenters. The summed E-state index contributed by atoms with van der Waals surface area (Å²) in [6.07, 6.45) is 0. The largest absolute Gasteiger partial charge is 0.460 e. The molecule has 0 aromatic heterocycles. The summed E-state index contributed by atoms with van der Waals surface area (Å²) in [5.41, 5.74) is 16.9. The Labute approximate surface area is 361 Å². The Morgan fingerprint density at radius 2 is 1.05 bits per heavy atom. The van der Waals surface area contributed by atoms with Crippen molar-refractivity contribution in [2.75, 3.05) is 29.2 Å². The van der Waals surface area contributed by atoms with Crippen LogP contribution in [0.25, 0.3) is 10.8 Å². The highest BCUT2D eigenvalue weighted by molar-refractivity contribution is 5.97. The van der Waals surface area contributed by atoms with Crippen LogP contribution in [0.4, 0.5) is 28.4 Å². The Morgan fingerprint density at radius 1 is 0.650 bits per heavy atom. The normalized spacial score (nSPS) is 10.8. The first kappa shape index (κ1) is 48.5. The van der Waals surface area contributed by atoms with Crippen molar-refractivity contribution in [1.82, 2.24) is 0 Å². The minimum Gasteiger partial charge on any atom is -0.460 e. The number of carbonyl (C=O) groups excluding carboxylic acids is 1. The number of aryl methyl sites for hydroxylation is 6. The Morgan fingerprint density at radius 3 is 1.45 bits per heavy atom. The van der Waals surface area contributed by atoms with E-state index in [2.05, 4.69) is 173 Å². The van der Waals surface area contributed by atoms with Crippen molar-refractivity contribution in [2.24, 2.45) is 0 Å². The number of rotatable bonds is 12. The minimum absolute atomic E-state index is 0.0308. The van der Waals surface area contributed by atoms with Crippen molar-refractivity contribution in [1.29, 1.82) is 0 Å². The molecule has 1 unspecified atom stereocenters. The molecule has 0 radical (unpaired) electrons. The minimum atomic E-state index is -0.377. The zero-order chi connectivity index (χ0) is 44.5. The molecular weight excluding hydrogens is 739 g/mol. The van der Waals surface area contributed by atoms with Gasteiger partial charge in [0.05, 0.1) is 6.04 Å². The van der Waals surface area contributed by atoms with Crippen LogP contribution < -0.4 is 16.0 Å². The van der Waals surface area contributed by atoms with Crippen LogP contribution >= 0.6 is 0 Å². The standard InChI is InChI=1S/C48H51N3O2.C2H6O.2C2H6/c1-29(2)48(52)53-28-36(9)49-44-23-22-43(41-12-10-11-13-42(41)44)45(37-14-18-39(19-15-37)50-46-32(5)24-30(3)25-33(46)6)38-16-20-40(21-17-38)51-47-34(7)26-31(4)27-35(47)8;1-2-3;2*1-2/h10-27,36,45,49-51H,1,28H2,2-9H3;3H,2H2,1H3;2*1-2H3. The highest BCUT2D eigenvalue weighted by atomic mass is 16.5. The molecule has 318 valence electrons. The summed E-state index contributed by atoms with van der Waals surface area (Å²) in [7, 11) is 0. The highest BCUT2D eigenvalue weighted by Gasteiger charge is 2.21. The van der Waals surface area contributed by atoms with E-state index in [9.17, 15) is 4.79 Å². The van der Waals surface area contributed by atoms with Gasteiger partial charge in [0.2, 0.25) is 0 Å². The predicted octanol–water partition coefficient (Wildman–Crippen LogP) is 14.3. The van der Waals surface area contributed by atoms with Crippen LogP contribution in [0.3, 0.4) is 0 Å². The molecule has 6 rings (SSSR count). The van der Waals surface area contributed by atoms with Gasteiger partial charge in [-0.05, 0) is 137 Å². The molecule has 0 spiro atoms. The van der Waals surface area contributed by atoms with E-state index in [0.29, 0.717) is 5.57 Å². The third-order valence-electron chi connectivity index (χ3n) is 9.86. The van der Waals surface area contributed by atoms with Gasteiger partial charge in [-0.25, -0.2) is 4.79 Å². The van der Waals surface area contributed by atoms with E-state index in [1.165, 1.54) is 50.1 Å². The molecule has 60 heavy (non-hydrogen) atoms. The number of hydrogen-bond acceptors (Lipinski definition) is 6. The van der Waals surface area contributed by atoms with Gasteiger partial charge in [-0.1, -0.05) is 124 Å². The van der Waals surface area contributed by atoms with Gasteiger partial charge in [0.15, 0.2) is 0 Å². The number of fused-ring (bicyclic) bond motifs is 1. The molecular formula is C54H69N3O3. The molecule has 6 aromatic rings. The summed E-state index contributed by atoms with van der Waals surface area (Å²) in [6, 6.07) is 39.4. The molecule has 0 aliphatic rings. The van der Waals surface area contributed by atoms with Gasteiger partial charge >= 0.3 is 5.97 Å². The number of benzene rings is 6. The zero-order valence-corrected chi connectivity index (χ0v) is 38.4. The molecule has 0 heterocycles. The number of hydrogen-bond donors (Lipinski definition) is 4. The van der Waals surface area contributed by atoms with Crippen LogP contribution in [0.2, 0.25) is 0 Å². The Hall–Kier alpha value is -5.85. The van der Waals surface area contributed by atoms with Gasteiger partial charge in [0.1, 0.15) is 6.61 Å². The van der Waals surface area contributed by atoms with Gasteiger partial charge in [-0.3, -0.25) is 0 Å². The van der Waals surface area contributed by atoms with E-state index in [4.69, 9.17) is 9.84 Å². The van der Waals surface area contributed by atoms with Gasteiger partial charge in [-0.15, -0.1) is 0 Å². The van der Waals surface area contributed by atoms with Crippen molar-refractivity contribution in [3.05, 3.63) is 171 Å². The van der Waals surface area contributed by atoms with Crippen molar-refractivity contribution in [2.45, 2.75) is 102 Å². The van der Waals surface area contributed by atoms with Gasteiger partial charge in [0, 0.05) is 51.9 Å². The summed E-state index contributed by atoms with van der Waals surface area (Å²) in [4.78, 5) is 12.1. The SMILES string of the molecule is C=C(C)C(=O)OCC(C)Nc1ccc(C(c2ccc(Nc3c(C)cc(C)cc3C)cc2)c2ccc(Nc3c(C)cc(C)cc3C)cc2)c2ccccc12.CC.CC.CCO. The number of ether oxygens (including phenoxy) is 1. The van der Waals surface area contributed by atoms with Crippen molar-refractivity contribution in [3.63, 3.8) is 0 Å². The molecule has 0 bridgehead atoms. The molecule has 6 aromatic carbocycles. The summed E-state index contributed by atoms with van der Waals surface area (Å²) in [6.45, 7) is 30.5. The molecule has 0 amide bonds. The van der Waals surface area contributed by atoms with Crippen LogP contribution in [-0.4, -0.2) is 30.3 Å². The maximum absolute atomic E-state index is 12.1. The lowest BCUT2D eigenvalue weighted by molar-refractivity contribution is -0.139. The van der Waals surface area contributed by atoms with Crippen LogP contribution in [0, 0.1) is 41.5 Å². The highest BCUT2D eigenvalue weighted by Crippen LogP contribution is 2.40. The third-order valence-corrected chi connectivity index (χ3v) is 9.86. The fourth-order valence-electron chi connectivity index (χ4n) is 7.44. The second-order valence-corrected chi connectivity index (χ2v) is 15.0. The summed E-state index contributed by atoms with van der Waals surface area (Å²) >= 11 is 0. The summed E-state index contributed by atoms with van der Waals surface area (Å²) < 4.78 is 5.45. The van der Waals surface area contributed by atoms with Crippen LogP contribution in [0.5, 0.6) is 0 Å². The Balaban J connectivity index is 0.00000130. The number of anilines is 5. The average Bonchev–Trinajstić information content (AvgIpc) is 3.23. The number of nitrogens with one attached hydrogen (secondary N) is 3. The lowest BCUT2D eigenvalue weighted by atomic mass is 9.82. The monoisotopic (exact) mass is 808 g/mol. The maximum atomic E-state index is 12.1. The van der Waals surface area contributed by atoms with E-state index < -0.39 is 0 Å². The number of aliphatic hydroxyl groups excluding tert-OH is 1. The van der Waals surface area contributed by atoms with E-state index in [1.54, 1.807) is 13.8 Å². The van der Waals surface area contributed by atoms with Crippen molar-refractivity contribution in [3.8, 4) is 0 Å². The van der Waals surface area contributed by atoms with Crippen LogP contribution in [0.15, 0.2) is 121 Å². The second kappa shape index (κ2) is 23.7. The zero-order valence-electron chi connectivity index (χ0n) is 38.4. The smallest absolute Gasteiger partial charge is 0.333 e. The Kier molecular flexibility index (Phi) is 19.1. The first-order chi connectivity index (χ1) is 28.8. The van der Waals surface area contributed by atoms with Crippen LogP contribution in [-0.2, 0) is 9.53 Å². The number of aliphatic hydroxyl groups is 1. The third kappa shape index (κ3) is 12.8. The number of carbonyl (C=O) groups is 1. The van der Waals surface area contributed by atoms with Crippen LogP contribution in [0.1, 0.15) is 104 Å². The first-order valence-electron chi connectivity index (χ1n) is 21.4. The number of esters is 1. The average molecular weight is 808 g/mol. The summed E-state index contributed by atoms with van der Waals surface area (Å²) in [5.74, 6) is -0.408. The molecule has 0 saturated heterocycles. The molecule has 6 nitrogen and oxygen atoms in total. The second-order valence-electron chi connectivity index (χ2n) is 15.0. The summed E-state index contributed by atoms with van der Waals surface area (Å²) in [5, 5.41) is 20.8. The molecule has 0 saturated carbocycles. The molecule has 0 aliphatic carbocycles. The fraction of sp³-hybridized carbons (Fsp3) is 0.315. The van der Waals surface area contributed by atoms with Gasteiger partial charge < -0.3 is 25.8 Å². The predicted molar refractivity (Wildman–Crippen MR) is 260 cm³/mol. The van der Waals surface area contributed by atoms with Gasteiger partial charge in [0.25, 0.3) is 0 Å². The van der Waals surface area contributed by atoms with E-state index in [1.807, 2.05) is 34.6 Å². The molecule has 0 aliphatic heterocycles. The van der Waals surface area contributed by atoms with E-state index >= 15 is 0 Å². The maximum Gasteiger partial charge on any atom is 0.333 e. The molecule has 6 heteroatoms. The lowest BCUT2D eigenvalue weighted by Crippen LogP contribution is -2.24. The quantitative estimate of drug-likeness (QED) is 0.0560. The van der Waals surface area contributed by atoms with Crippen molar-refractivity contribution >= 4 is 45.2 Å². The van der Waals surface area contributed by atoms with E-state index in [-0.39, 0.29) is 31.1 Å². The molecule has 4 N–H and O–H groups in total. The topological polar surface area (TPSA) is 82.6 Å². The van der Waals surface area contributed by atoms with Gasteiger partial charge in [-0.2, -0.15) is 0 Å². The molecule has 0 fully saturated rings. The fourth-order valence-corrected chi connectivity index (χ4v) is 7.44. The first-order valence-corrected chi connectivity index (χ1v) is 21.4.